The highest BCUT2D eigenvalue weighted by molar-refractivity contribution is 6.35. The van der Waals surface area contributed by atoms with E-state index >= 15 is 0 Å². The summed E-state index contributed by atoms with van der Waals surface area (Å²) in [7, 11) is 0. The topological polar surface area (TPSA) is 61.5 Å². The van der Waals surface area contributed by atoms with E-state index in [4.69, 9.17) is 50.0 Å². The minimum absolute atomic E-state index is 0.201. The predicted molar refractivity (Wildman–Crippen MR) is 102 cm³/mol. The predicted octanol–water partition coefficient (Wildman–Crippen LogP) is 5.12. The van der Waals surface area contributed by atoms with E-state index in [1.54, 1.807) is 36.4 Å². The van der Waals surface area contributed by atoms with Crippen LogP contribution in [0.1, 0.15) is 18.1 Å². The zero-order chi connectivity index (χ0) is 18.4. The van der Waals surface area contributed by atoms with Crippen molar-refractivity contribution in [2.45, 2.75) is 13.5 Å². The molecular formula is C18H16Cl3NO3. The first-order valence-electron chi connectivity index (χ1n) is 7.41. The van der Waals surface area contributed by atoms with Gasteiger partial charge in [-0.15, -0.1) is 0 Å². The van der Waals surface area contributed by atoms with Gasteiger partial charge in [-0.2, -0.15) is 0 Å². The molecule has 0 aliphatic heterocycles. The number of ether oxygens (including phenoxy) is 2. The third-order valence-corrected chi connectivity index (χ3v) is 4.03. The summed E-state index contributed by atoms with van der Waals surface area (Å²) in [6.07, 6.45) is 2.80. The third kappa shape index (κ3) is 5.56. The summed E-state index contributed by atoms with van der Waals surface area (Å²) in [5.74, 6) is 0.307. The molecule has 0 saturated carbocycles. The van der Waals surface area contributed by atoms with Crippen LogP contribution in [0.3, 0.4) is 0 Å². The van der Waals surface area contributed by atoms with Gasteiger partial charge in [0.2, 0.25) is 5.91 Å². The van der Waals surface area contributed by atoms with Crippen molar-refractivity contribution in [2.24, 2.45) is 5.73 Å². The molecule has 0 unspecified atom stereocenters. The van der Waals surface area contributed by atoms with Gasteiger partial charge in [0.1, 0.15) is 6.61 Å². The molecule has 0 saturated heterocycles. The van der Waals surface area contributed by atoms with Gasteiger partial charge in [-0.05, 0) is 42.8 Å². The van der Waals surface area contributed by atoms with Crippen LogP contribution in [0.4, 0.5) is 0 Å². The van der Waals surface area contributed by atoms with Crippen molar-refractivity contribution in [3.8, 4) is 11.5 Å². The van der Waals surface area contributed by atoms with E-state index in [1.165, 1.54) is 6.08 Å². The summed E-state index contributed by atoms with van der Waals surface area (Å²) >= 11 is 18.3. The number of halogens is 3. The van der Waals surface area contributed by atoms with Crippen molar-refractivity contribution in [3.63, 3.8) is 0 Å². The van der Waals surface area contributed by atoms with Gasteiger partial charge in [-0.3, -0.25) is 4.79 Å². The van der Waals surface area contributed by atoms with Crippen molar-refractivity contribution in [1.29, 1.82) is 0 Å². The summed E-state index contributed by atoms with van der Waals surface area (Å²) in [4.78, 5) is 10.9. The average molecular weight is 401 g/mol. The maximum atomic E-state index is 10.9. The molecule has 0 aliphatic carbocycles. The Kier molecular flexibility index (Phi) is 7.00. The van der Waals surface area contributed by atoms with Gasteiger partial charge in [0.05, 0.1) is 11.6 Å². The Morgan fingerprint density at radius 3 is 2.52 bits per heavy atom. The van der Waals surface area contributed by atoms with E-state index < -0.39 is 5.91 Å². The quantitative estimate of drug-likeness (QED) is 0.656. The Bertz CT molecular complexity index is 806. The summed E-state index contributed by atoms with van der Waals surface area (Å²) in [6.45, 7) is 2.48. The minimum atomic E-state index is -0.549. The smallest absolute Gasteiger partial charge is 0.241 e. The Labute approximate surface area is 161 Å². The normalized spacial score (nSPS) is 10.9. The number of benzene rings is 2. The summed E-state index contributed by atoms with van der Waals surface area (Å²) in [6, 6.07) is 8.53. The van der Waals surface area contributed by atoms with Crippen LogP contribution in [0.5, 0.6) is 11.5 Å². The molecule has 2 rings (SSSR count). The summed E-state index contributed by atoms with van der Waals surface area (Å²) < 4.78 is 11.4. The minimum Gasteiger partial charge on any atom is -0.490 e. The molecular weight excluding hydrogens is 385 g/mol. The molecule has 2 aromatic carbocycles. The molecule has 2 N–H and O–H groups in total. The fraction of sp³-hybridized carbons (Fsp3) is 0.167. The number of hydrogen-bond donors (Lipinski definition) is 1. The Morgan fingerprint density at radius 2 is 1.88 bits per heavy atom. The van der Waals surface area contributed by atoms with Crippen molar-refractivity contribution in [1.82, 2.24) is 0 Å². The molecule has 25 heavy (non-hydrogen) atoms. The number of amides is 1. The fourth-order valence-corrected chi connectivity index (χ4v) is 2.79. The zero-order valence-corrected chi connectivity index (χ0v) is 15.7. The van der Waals surface area contributed by atoms with Gasteiger partial charge >= 0.3 is 0 Å². The van der Waals surface area contributed by atoms with Crippen molar-refractivity contribution < 1.29 is 14.3 Å². The van der Waals surface area contributed by atoms with Gasteiger partial charge in [0.25, 0.3) is 0 Å². The summed E-state index contributed by atoms with van der Waals surface area (Å²) in [5, 5.41) is 1.40. The number of rotatable bonds is 7. The number of hydrogen-bond acceptors (Lipinski definition) is 3. The lowest BCUT2D eigenvalue weighted by atomic mass is 10.1. The van der Waals surface area contributed by atoms with Crippen molar-refractivity contribution in [3.05, 3.63) is 62.6 Å². The third-order valence-electron chi connectivity index (χ3n) is 3.16. The van der Waals surface area contributed by atoms with Crippen LogP contribution < -0.4 is 15.2 Å². The van der Waals surface area contributed by atoms with Crippen molar-refractivity contribution >= 4 is 46.8 Å². The highest BCUT2D eigenvalue weighted by atomic mass is 35.5. The summed E-state index contributed by atoms with van der Waals surface area (Å²) in [5.41, 5.74) is 6.54. The van der Waals surface area contributed by atoms with Crippen LogP contribution in [0.15, 0.2) is 36.4 Å². The second-order valence-electron chi connectivity index (χ2n) is 5.02. The number of carbonyl (C=O) groups excluding carboxylic acids is 1. The molecule has 0 radical (unpaired) electrons. The van der Waals surface area contributed by atoms with Gasteiger partial charge in [0.15, 0.2) is 11.5 Å². The van der Waals surface area contributed by atoms with E-state index in [0.29, 0.717) is 38.7 Å². The van der Waals surface area contributed by atoms with E-state index in [-0.39, 0.29) is 6.61 Å². The van der Waals surface area contributed by atoms with Crippen LogP contribution in [0, 0.1) is 0 Å². The highest BCUT2D eigenvalue weighted by Gasteiger charge is 2.13. The molecule has 1 amide bonds. The first kappa shape index (κ1) is 19.4. The SMILES string of the molecule is CCOc1cc(/C=C/C(N)=O)cc(Cl)c1OCc1ccc(Cl)cc1Cl. The van der Waals surface area contributed by atoms with Crippen LogP contribution in [0.2, 0.25) is 15.1 Å². The second kappa shape index (κ2) is 8.99. The maximum absolute atomic E-state index is 10.9. The van der Waals surface area contributed by atoms with E-state index in [0.717, 1.165) is 5.56 Å². The first-order valence-corrected chi connectivity index (χ1v) is 8.54. The van der Waals surface area contributed by atoms with E-state index in [9.17, 15) is 4.79 Å². The monoisotopic (exact) mass is 399 g/mol. The molecule has 7 heteroatoms. The number of carbonyl (C=O) groups is 1. The molecule has 132 valence electrons. The zero-order valence-electron chi connectivity index (χ0n) is 13.4. The van der Waals surface area contributed by atoms with Gasteiger partial charge in [-0.1, -0.05) is 40.9 Å². The lowest BCUT2D eigenvalue weighted by molar-refractivity contribution is -0.113. The van der Waals surface area contributed by atoms with Crippen molar-refractivity contribution in [2.75, 3.05) is 6.61 Å². The molecule has 4 nitrogen and oxygen atoms in total. The molecule has 0 atom stereocenters. The Balaban J connectivity index is 2.27. The van der Waals surface area contributed by atoms with Crippen LogP contribution in [-0.4, -0.2) is 12.5 Å². The van der Waals surface area contributed by atoms with Crippen LogP contribution in [0.25, 0.3) is 6.08 Å². The standard InChI is InChI=1S/C18H16Cl3NO3/c1-2-24-16-8-11(3-6-17(22)23)7-15(21)18(16)25-10-12-4-5-13(19)9-14(12)20/h3-9H,2,10H2,1H3,(H2,22,23)/b6-3+. The molecule has 0 heterocycles. The van der Waals surface area contributed by atoms with Crippen LogP contribution in [-0.2, 0) is 11.4 Å². The molecule has 0 spiro atoms. The average Bonchev–Trinajstić information content (AvgIpc) is 2.54. The lowest BCUT2D eigenvalue weighted by Crippen LogP contribution is -2.05. The number of nitrogens with two attached hydrogens (primary N) is 1. The molecule has 0 aromatic heterocycles. The van der Waals surface area contributed by atoms with E-state index in [2.05, 4.69) is 0 Å². The first-order chi connectivity index (χ1) is 11.9. The maximum Gasteiger partial charge on any atom is 0.241 e. The lowest BCUT2D eigenvalue weighted by Gasteiger charge is -2.15. The van der Waals surface area contributed by atoms with Gasteiger partial charge < -0.3 is 15.2 Å². The fourth-order valence-electron chi connectivity index (χ4n) is 2.05. The molecule has 2 aromatic rings. The molecule has 0 fully saturated rings. The Hall–Kier alpha value is -1.88. The Morgan fingerprint density at radius 1 is 1.12 bits per heavy atom. The van der Waals surface area contributed by atoms with Crippen LogP contribution >= 0.6 is 34.8 Å². The highest BCUT2D eigenvalue weighted by Crippen LogP contribution is 2.38. The van der Waals surface area contributed by atoms with Gasteiger partial charge in [-0.25, -0.2) is 0 Å². The second-order valence-corrected chi connectivity index (χ2v) is 6.27. The van der Waals surface area contributed by atoms with Gasteiger partial charge in [0, 0.05) is 21.7 Å². The molecule has 0 bridgehead atoms. The van der Waals surface area contributed by atoms with E-state index in [1.807, 2.05) is 6.92 Å². The molecule has 0 aliphatic rings. The number of primary amides is 1. The largest absolute Gasteiger partial charge is 0.490 e.